The largest absolute Gasteiger partial charge is 0.481 e. The zero-order valence-corrected chi connectivity index (χ0v) is 12.3. The molecule has 2 amide bonds. The van der Waals surface area contributed by atoms with Crippen LogP contribution in [0.3, 0.4) is 0 Å². The van der Waals surface area contributed by atoms with E-state index in [4.69, 9.17) is 5.11 Å². The minimum absolute atomic E-state index is 0.0508. The van der Waals surface area contributed by atoms with Gasteiger partial charge >= 0.3 is 12.0 Å². The molecule has 1 aliphatic carbocycles. The van der Waals surface area contributed by atoms with Gasteiger partial charge in [0.2, 0.25) is 0 Å². The van der Waals surface area contributed by atoms with Gasteiger partial charge in [-0.1, -0.05) is 26.2 Å². The van der Waals surface area contributed by atoms with Crippen LogP contribution in [0.15, 0.2) is 0 Å². The number of amides is 2. The molecule has 0 atom stereocenters. The van der Waals surface area contributed by atoms with E-state index in [-0.39, 0.29) is 12.5 Å². The van der Waals surface area contributed by atoms with Crippen LogP contribution in [-0.4, -0.2) is 53.1 Å². The van der Waals surface area contributed by atoms with Crippen molar-refractivity contribution in [2.45, 2.75) is 57.4 Å². The van der Waals surface area contributed by atoms with Crippen LogP contribution in [-0.2, 0) is 4.79 Å². The van der Waals surface area contributed by atoms with Crippen LogP contribution in [0.1, 0.15) is 51.9 Å². The van der Waals surface area contributed by atoms with E-state index in [1.165, 1.54) is 0 Å². The number of carbonyl (C=O) groups is 2. The van der Waals surface area contributed by atoms with Gasteiger partial charge in [-0.3, -0.25) is 4.79 Å². The summed E-state index contributed by atoms with van der Waals surface area (Å²) in [7, 11) is 3.53. The van der Waals surface area contributed by atoms with Gasteiger partial charge in [0.1, 0.15) is 0 Å². The molecule has 0 aromatic rings. The summed E-state index contributed by atoms with van der Waals surface area (Å²) in [6.07, 6.45) is 5.68. The first-order valence-corrected chi connectivity index (χ1v) is 7.13. The molecule has 5 heteroatoms. The lowest BCUT2D eigenvalue weighted by atomic mass is 9.78. The highest BCUT2D eigenvalue weighted by Crippen LogP contribution is 2.36. The van der Waals surface area contributed by atoms with Crippen molar-refractivity contribution in [2.24, 2.45) is 0 Å². The van der Waals surface area contributed by atoms with Crippen LogP contribution in [0.4, 0.5) is 4.79 Å². The minimum Gasteiger partial charge on any atom is -0.481 e. The molecule has 110 valence electrons. The lowest BCUT2D eigenvalue weighted by molar-refractivity contribution is -0.140. The van der Waals surface area contributed by atoms with E-state index in [1.807, 2.05) is 6.92 Å². The molecule has 0 radical (unpaired) electrons. The summed E-state index contributed by atoms with van der Waals surface area (Å²) in [6, 6.07) is -0.0648. The summed E-state index contributed by atoms with van der Waals surface area (Å²) < 4.78 is 0. The number of urea groups is 1. The number of carboxylic acids is 1. The van der Waals surface area contributed by atoms with Crippen LogP contribution in [0.25, 0.3) is 0 Å². The van der Waals surface area contributed by atoms with Crippen LogP contribution in [0.5, 0.6) is 0 Å². The molecular formula is C14H26N2O3. The predicted octanol–water partition coefficient (Wildman–Crippen LogP) is 2.56. The molecular weight excluding hydrogens is 244 g/mol. The first-order valence-electron chi connectivity index (χ1n) is 7.13. The Balaban J connectivity index is 2.84. The van der Waals surface area contributed by atoms with E-state index < -0.39 is 11.5 Å². The molecule has 0 heterocycles. The van der Waals surface area contributed by atoms with Crippen molar-refractivity contribution < 1.29 is 14.7 Å². The maximum atomic E-state index is 12.4. The van der Waals surface area contributed by atoms with Crippen molar-refractivity contribution in [3.63, 3.8) is 0 Å². The van der Waals surface area contributed by atoms with Crippen molar-refractivity contribution >= 4 is 12.0 Å². The smallest absolute Gasteiger partial charge is 0.319 e. The van der Waals surface area contributed by atoms with Crippen LogP contribution in [0, 0.1) is 0 Å². The normalized spacial score (nSPS) is 17.8. The molecule has 1 fully saturated rings. The highest BCUT2D eigenvalue weighted by atomic mass is 16.4. The molecule has 19 heavy (non-hydrogen) atoms. The summed E-state index contributed by atoms with van der Waals surface area (Å²) >= 11 is 0. The Morgan fingerprint density at radius 2 is 1.74 bits per heavy atom. The zero-order chi connectivity index (χ0) is 14.5. The van der Waals surface area contributed by atoms with E-state index in [9.17, 15) is 9.59 Å². The molecule has 0 saturated heterocycles. The maximum absolute atomic E-state index is 12.4. The third-order valence-corrected chi connectivity index (χ3v) is 4.15. The molecule has 0 spiro atoms. The fourth-order valence-corrected chi connectivity index (χ4v) is 3.01. The number of carbonyl (C=O) groups excluding carboxylic acids is 1. The van der Waals surface area contributed by atoms with Crippen LogP contribution in [0.2, 0.25) is 0 Å². The first-order chi connectivity index (χ1) is 8.93. The lowest BCUT2D eigenvalue weighted by Crippen LogP contribution is -2.55. The number of aliphatic carboxylic acids is 1. The summed E-state index contributed by atoms with van der Waals surface area (Å²) in [5, 5.41) is 9.15. The first kappa shape index (κ1) is 15.8. The topological polar surface area (TPSA) is 60.9 Å². The molecule has 1 saturated carbocycles. The van der Waals surface area contributed by atoms with Crippen molar-refractivity contribution in [3.05, 3.63) is 0 Å². The van der Waals surface area contributed by atoms with Gasteiger partial charge in [-0.25, -0.2) is 4.79 Å². The quantitative estimate of drug-likeness (QED) is 0.835. The Bertz CT molecular complexity index is 325. The number of nitrogens with zero attached hydrogens (tertiary/aromatic N) is 2. The van der Waals surface area contributed by atoms with Gasteiger partial charge in [0.05, 0.1) is 12.0 Å². The van der Waals surface area contributed by atoms with Crippen molar-refractivity contribution in [2.75, 3.05) is 20.6 Å². The van der Waals surface area contributed by atoms with Crippen LogP contribution < -0.4 is 0 Å². The summed E-state index contributed by atoms with van der Waals surface area (Å²) in [4.78, 5) is 26.9. The number of rotatable bonds is 5. The van der Waals surface area contributed by atoms with Gasteiger partial charge in [0, 0.05) is 20.6 Å². The summed E-state index contributed by atoms with van der Waals surface area (Å²) in [5.74, 6) is -0.820. The third-order valence-electron chi connectivity index (χ3n) is 4.15. The Hall–Kier alpha value is -1.26. The number of hydrogen-bond acceptors (Lipinski definition) is 2. The summed E-state index contributed by atoms with van der Waals surface area (Å²) in [6.45, 7) is 2.73. The molecule has 0 aromatic heterocycles. The van der Waals surface area contributed by atoms with E-state index in [0.29, 0.717) is 6.54 Å². The molecule has 5 nitrogen and oxygen atoms in total. The molecule has 0 aliphatic heterocycles. The molecule has 0 unspecified atom stereocenters. The van der Waals surface area contributed by atoms with Gasteiger partial charge in [-0.05, 0) is 19.3 Å². The Morgan fingerprint density at radius 1 is 1.16 bits per heavy atom. The van der Waals surface area contributed by atoms with Gasteiger partial charge in [0.15, 0.2) is 0 Å². The fourth-order valence-electron chi connectivity index (χ4n) is 3.01. The second-order valence-electron chi connectivity index (χ2n) is 5.62. The Kier molecular flexibility index (Phi) is 5.63. The second-order valence-corrected chi connectivity index (χ2v) is 5.62. The molecule has 0 bridgehead atoms. The molecule has 1 rings (SSSR count). The highest BCUT2D eigenvalue weighted by molar-refractivity contribution is 5.76. The van der Waals surface area contributed by atoms with Crippen LogP contribution >= 0.6 is 0 Å². The maximum Gasteiger partial charge on any atom is 0.319 e. The van der Waals surface area contributed by atoms with Gasteiger partial charge in [-0.15, -0.1) is 0 Å². The SMILES string of the molecule is CCCN(C)C(=O)N(C)C1(CC(=O)O)CCCCC1. The van der Waals surface area contributed by atoms with E-state index in [0.717, 1.165) is 38.5 Å². The fraction of sp³-hybridized carbons (Fsp3) is 0.857. The van der Waals surface area contributed by atoms with Crippen molar-refractivity contribution in [3.8, 4) is 0 Å². The molecule has 1 N–H and O–H groups in total. The number of hydrogen-bond donors (Lipinski definition) is 1. The van der Waals surface area contributed by atoms with E-state index >= 15 is 0 Å². The Morgan fingerprint density at radius 3 is 2.21 bits per heavy atom. The summed E-state index contributed by atoms with van der Waals surface area (Å²) in [5.41, 5.74) is -0.497. The van der Waals surface area contributed by atoms with Gasteiger partial charge in [-0.2, -0.15) is 0 Å². The predicted molar refractivity (Wildman–Crippen MR) is 74.1 cm³/mol. The lowest BCUT2D eigenvalue weighted by Gasteiger charge is -2.45. The molecule has 1 aliphatic rings. The monoisotopic (exact) mass is 270 g/mol. The van der Waals surface area contributed by atoms with Gasteiger partial charge < -0.3 is 14.9 Å². The standard InChI is InChI=1S/C14H26N2O3/c1-4-10-15(2)13(19)16(3)14(11-12(17)18)8-6-5-7-9-14/h4-11H2,1-3H3,(H,17,18). The van der Waals surface area contributed by atoms with Crippen molar-refractivity contribution in [1.29, 1.82) is 0 Å². The average Bonchev–Trinajstić information content (AvgIpc) is 2.37. The third kappa shape index (κ3) is 3.85. The Labute approximate surface area is 115 Å². The highest BCUT2D eigenvalue weighted by Gasteiger charge is 2.41. The van der Waals surface area contributed by atoms with E-state index in [1.54, 1.807) is 23.9 Å². The second kappa shape index (κ2) is 6.78. The minimum atomic E-state index is -0.820. The van der Waals surface area contributed by atoms with Gasteiger partial charge in [0.25, 0.3) is 0 Å². The van der Waals surface area contributed by atoms with Crippen molar-refractivity contribution in [1.82, 2.24) is 9.80 Å². The zero-order valence-electron chi connectivity index (χ0n) is 12.3. The number of carboxylic acid groups (broad SMARTS) is 1. The molecule has 0 aromatic carbocycles. The average molecular weight is 270 g/mol. The van der Waals surface area contributed by atoms with E-state index in [2.05, 4.69) is 0 Å².